The highest BCUT2D eigenvalue weighted by atomic mass is 16.5. The highest BCUT2D eigenvalue weighted by Crippen LogP contribution is 2.22. The molecule has 1 unspecified atom stereocenters. The molecule has 0 N–H and O–H groups in total. The van der Waals surface area contributed by atoms with Crippen LogP contribution in [0.15, 0.2) is 0 Å². The van der Waals surface area contributed by atoms with Gasteiger partial charge in [-0.1, -0.05) is 13.3 Å². The molecule has 2 nitrogen and oxygen atoms in total. The molecular formula is C10H20BNO. The lowest BCUT2D eigenvalue weighted by atomic mass is 9.91. The third kappa shape index (κ3) is 2.99. The predicted molar refractivity (Wildman–Crippen MR) is 56.1 cm³/mol. The standard InChI is InChI=1S/C10H20BNO/c1-4-5-10(2,3)12-6-7-13-9(11)8-12/h9H,4-8H2,1-3H3. The van der Waals surface area contributed by atoms with Crippen LogP contribution in [0.4, 0.5) is 0 Å². The van der Waals surface area contributed by atoms with Gasteiger partial charge in [-0.15, -0.1) is 0 Å². The number of nitrogens with zero attached hydrogens (tertiary/aromatic N) is 1. The van der Waals surface area contributed by atoms with Crippen molar-refractivity contribution in [2.45, 2.75) is 45.2 Å². The Labute approximate surface area is 83.0 Å². The lowest BCUT2D eigenvalue weighted by Crippen LogP contribution is -2.52. The van der Waals surface area contributed by atoms with Crippen LogP contribution in [0.5, 0.6) is 0 Å². The van der Waals surface area contributed by atoms with Crippen molar-refractivity contribution in [1.82, 2.24) is 4.90 Å². The Kier molecular flexibility index (Phi) is 3.80. The molecular weight excluding hydrogens is 161 g/mol. The van der Waals surface area contributed by atoms with Crippen LogP contribution in [0, 0.1) is 0 Å². The first kappa shape index (κ1) is 11.1. The Morgan fingerprint density at radius 2 is 2.23 bits per heavy atom. The fourth-order valence-electron chi connectivity index (χ4n) is 2.00. The monoisotopic (exact) mass is 181 g/mol. The average molecular weight is 181 g/mol. The molecule has 13 heavy (non-hydrogen) atoms. The van der Waals surface area contributed by atoms with E-state index in [4.69, 9.17) is 12.6 Å². The van der Waals surface area contributed by atoms with E-state index >= 15 is 0 Å². The lowest BCUT2D eigenvalue weighted by Gasteiger charge is -2.43. The molecule has 0 aromatic rings. The number of hydrogen-bond acceptors (Lipinski definition) is 2. The third-order valence-corrected chi connectivity index (χ3v) is 2.81. The zero-order chi connectivity index (χ0) is 9.90. The Morgan fingerprint density at radius 3 is 2.77 bits per heavy atom. The molecule has 3 heteroatoms. The summed E-state index contributed by atoms with van der Waals surface area (Å²) in [5.74, 6) is 0. The maximum Gasteiger partial charge on any atom is 0.110 e. The van der Waals surface area contributed by atoms with Crippen LogP contribution in [0.25, 0.3) is 0 Å². The van der Waals surface area contributed by atoms with Crippen LogP contribution in [-0.2, 0) is 4.74 Å². The Bertz CT molecular complexity index is 161. The van der Waals surface area contributed by atoms with E-state index in [1.165, 1.54) is 12.8 Å². The first-order chi connectivity index (χ1) is 6.06. The van der Waals surface area contributed by atoms with Crippen molar-refractivity contribution >= 4 is 7.85 Å². The van der Waals surface area contributed by atoms with Gasteiger partial charge in [0.05, 0.1) is 6.61 Å². The Morgan fingerprint density at radius 1 is 1.54 bits per heavy atom. The van der Waals surface area contributed by atoms with Gasteiger partial charge in [0.25, 0.3) is 0 Å². The Balaban J connectivity index is 2.48. The van der Waals surface area contributed by atoms with Gasteiger partial charge in [-0.3, -0.25) is 4.90 Å². The minimum Gasteiger partial charge on any atom is -0.385 e. The molecule has 74 valence electrons. The summed E-state index contributed by atoms with van der Waals surface area (Å²) < 4.78 is 5.32. The van der Waals surface area contributed by atoms with Gasteiger partial charge >= 0.3 is 0 Å². The minimum atomic E-state index is -0.0927. The molecule has 0 amide bonds. The van der Waals surface area contributed by atoms with Gasteiger partial charge in [0, 0.05) is 24.6 Å². The highest BCUT2D eigenvalue weighted by molar-refractivity contribution is 6.11. The fraction of sp³-hybridized carbons (Fsp3) is 1.00. The van der Waals surface area contributed by atoms with E-state index in [9.17, 15) is 0 Å². The zero-order valence-corrected chi connectivity index (χ0v) is 9.05. The van der Waals surface area contributed by atoms with Crippen molar-refractivity contribution in [3.05, 3.63) is 0 Å². The molecule has 0 aromatic carbocycles. The van der Waals surface area contributed by atoms with Crippen molar-refractivity contribution in [3.8, 4) is 0 Å². The maximum absolute atomic E-state index is 5.75. The summed E-state index contributed by atoms with van der Waals surface area (Å²) in [6.07, 6.45) is 2.44. The van der Waals surface area contributed by atoms with E-state index < -0.39 is 0 Å². The fourth-order valence-corrected chi connectivity index (χ4v) is 2.00. The molecule has 2 radical (unpaired) electrons. The molecule has 1 atom stereocenters. The first-order valence-corrected chi connectivity index (χ1v) is 5.18. The van der Waals surface area contributed by atoms with Crippen LogP contribution >= 0.6 is 0 Å². The maximum atomic E-state index is 5.75. The first-order valence-electron chi connectivity index (χ1n) is 5.18. The molecule has 1 rings (SSSR count). The smallest absolute Gasteiger partial charge is 0.110 e. The molecule has 0 saturated carbocycles. The molecule has 0 aliphatic carbocycles. The van der Waals surface area contributed by atoms with Crippen LogP contribution in [0.2, 0.25) is 0 Å². The molecule has 1 aliphatic rings. The Hall–Kier alpha value is -0.0151. The topological polar surface area (TPSA) is 12.5 Å². The van der Waals surface area contributed by atoms with Gasteiger partial charge in [-0.25, -0.2) is 0 Å². The summed E-state index contributed by atoms with van der Waals surface area (Å²) in [6.45, 7) is 9.45. The largest absolute Gasteiger partial charge is 0.385 e. The second-order valence-corrected chi connectivity index (χ2v) is 4.42. The van der Waals surface area contributed by atoms with Crippen molar-refractivity contribution < 1.29 is 4.74 Å². The van der Waals surface area contributed by atoms with E-state index in [1.807, 2.05) is 0 Å². The second-order valence-electron chi connectivity index (χ2n) is 4.42. The average Bonchev–Trinajstić information content (AvgIpc) is 2.04. The number of rotatable bonds is 3. The van der Waals surface area contributed by atoms with Gasteiger partial charge in [-0.05, 0) is 20.3 Å². The number of hydrogen-bond donors (Lipinski definition) is 0. The lowest BCUT2D eigenvalue weighted by molar-refractivity contribution is -0.0311. The zero-order valence-electron chi connectivity index (χ0n) is 9.05. The van der Waals surface area contributed by atoms with E-state index in [0.717, 1.165) is 19.7 Å². The molecule has 1 heterocycles. The summed E-state index contributed by atoms with van der Waals surface area (Å²) >= 11 is 0. The minimum absolute atomic E-state index is 0.0927. The molecule has 0 aromatic heterocycles. The summed E-state index contributed by atoms with van der Waals surface area (Å²) in [4.78, 5) is 2.44. The predicted octanol–water partition coefficient (Wildman–Crippen LogP) is 1.39. The molecule has 1 fully saturated rings. The van der Waals surface area contributed by atoms with Gasteiger partial charge in [0.2, 0.25) is 0 Å². The van der Waals surface area contributed by atoms with Crippen molar-refractivity contribution in [2.24, 2.45) is 0 Å². The van der Waals surface area contributed by atoms with Crippen LogP contribution < -0.4 is 0 Å². The van der Waals surface area contributed by atoms with Gasteiger partial charge in [0.15, 0.2) is 0 Å². The van der Waals surface area contributed by atoms with Gasteiger partial charge in [0.1, 0.15) is 7.85 Å². The highest BCUT2D eigenvalue weighted by Gasteiger charge is 2.29. The quantitative estimate of drug-likeness (QED) is 0.610. The summed E-state index contributed by atoms with van der Waals surface area (Å²) in [7, 11) is 5.75. The van der Waals surface area contributed by atoms with E-state index in [-0.39, 0.29) is 11.5 Å². The van der Waals surface area contributed by atoms with E-state index in [0.29, 0.717) is 0 Å². The molecule has 1 aliphatic heterocycles. The summed E-state index contributed by atoms with van der Waals surface area (Å²) in [5.41, 5.74) is 0.274. The third-order valence-electron chi connectivity index (χ3n) is 2.81. The molecule has 0 bridgehead atoms. The van der Waals surface area contributed by atoms with Crippen molar-refractivity contribution in [2.75, 3.05) is 19.7 Å². The van der Waals surface area contributed by atoms with Crippen LogP contribution in [0.1, 0.15) is 33.6 Å². The molecule has 0 spiro atoms. The SMILES string of the molecule is [B]C1CN(C(C)(C)CCC)CCO1. The van der Waals surface area contributed by atoms with Crippen LogP contribution in [-0.4, -0.2) is 44.0 Å². The van der Waals surface area contributed by atoms with E-state index in [2.05, 4.69) is 25.7 Å². The number of ether oxygens (including phenoxy) is 1. The second kappa shape index (κ2) is 4.47. The van der Waals surface area contributed by atoms with Crippen molar-refractivity contribution in [3.63, 3.8) is 0 Å². The van der Waals surface area contributed by atoms with Gasteiger partial charge in [-0.2, -0.15) is 0 Å². The van der Waals surface area contributed by atoms with E-state index in [1.54, 1.807) is 0 Å². The summed E-state index contributed by atoms with van der Waals surface area (Å²) in [6, 6.07) is -0.0927. The summed E-state index contributed by atoms with van der Waals surface area (Å²) in [5, 5.41) is 0. The normalized spacial score (nSPS) is 26.2. The van der Waals surface area contributed by atoms with Gasteiger partial charge < -0.3 is 4.74 Å². The number of morpholine rings is 1. The van der Waals surface area contributed by atoms with Crippen molar-refractivity contribution in [1.29, 1.82) is 0 Å². The van der Waals surface area contributed by atoms with Crippen LogP contribution in [0.3, 0.4) is 0 Å². The molecule has 1 saturated heterocycles.